The first-order valence-corrected chi connectivity index (χ1v) is 6.73. The van der Waals surface area contributed by atoms with Crippen molar-refractivity contribution in [1.82, 2.24) is 10.2 Å². The van der Waals surface area contributed by atoms with Gasteiger partial charge in [0.25, 0.3) is 0 Å². The lowest BCUT2D eigenvalue weighted by Crippen LogP contribution is -2.23. The largest absolute Gasteiger partial charge is 0.493 e. The molecule has 108 valence electrons. The van der Waals surface area contributed by atoms with E-state index >= 15 is 0 Å². The van der Waals surface area contributed by atoms with Gasteiger partial charge in [-0.3, -0.25) is 0 Å². The van der Waals surface area contributed by atoms with E-state index in [4.69, 9.17) is 9.47 Å². The molecule has 4 nitrogen and oxygen atoms in total. The number of hydrogen-bond donors (Lipinski definition) is 1. The summed E-state index contributed by atoms with van der Waals surface area (Å²) in [6, 6.07) is 6.09. The van der Waals surface area contributed by atoms with Gasteiger partial charge < -0.3 is 19.7 Å². The highest BCUT2D eigenvalue weighted by atomic mass is 16.5. The van der Waals surface area contributed by atoms with Gasteiger partial charge in [-0.25, -0.2) is 0 Å². The monoisotopic (exact) mass is 266 g/mol. The van der Waals surface area contributed by atoms with E-state index in [9.17, 15) is 0 Å². The Morgan fingerprint density at radius 3 is 2.42 bits per heavy atom. The van der Waals surface area contributed by atoms with Crippen molar-refractivity contribution >= 4 is 0 Å². The van der Waals surface area contributed by atoms with Gasteiger partial charge in [0.2, 0.25) is 0 Å². The third kappa shape index (κ3) is 5.94. The molecule has 0 aliphatic heterocycles. The van der Waals surface area contributed by atoms with E-state index in [0.29, 0.717) is 0 Å². The third-order valence-electron chi connectivity index (χ3n) is 3.00. The van der Waals surface area contributed by atoms with Gasteiger partial charge >= 0.3 is 0 Å². The van der Waals surface area contributed by atoms with Crippen molar-refractivity contribution in [3.8, 4) is 11.5 Å². The highest BCUT2D eigenvalue weighted by Gasteiger charge is 2.04. The molecule has 0 unspecified atom stereocenters. The first-order chi connectivity index (χ1) is 9.17. The van der Waals surface area contributed by atoms with Crippen LogP contribution in [-0.2, 0) is 6.42 Å². The van der Waals surface area contributed by atoms with Gasteiger partial charge in [0.1, 0.15) is 0 Å². The molecule has 1 rings (SSSR count). The summed E-state index contributed by atoms with van der Waals surface area (Å²) in [7, 11) is 7.53. The first-order valence-electron chi connectivity index (χ1n) is 6.73. The number of rotatable bonds is 9. The predicted molar refractivity (Wildman–Crippen MR) is 79.3 cm³/mol. The van der Waals surface area contributed by atoms with Gasteiger partial charge in [-0.15, -0.1) is 0 Å². The van der Waals surface area contributed by atoms with Gasteiger partial charge in [-0.2, -0.15) is 0 Å². The van der Waals surface area contributed by atoms with Crippen LogP contribution in [0.1, 0.15) is 12.0 Å². The molecule has 0 spiro atoms. The normalized spacial score (nSPS) is 10.8. The van der Waals surface area contributed by atoms with Crippen molar-refractivity contribution in [2.45, 2.75) is 12.8 Å². The Kier molecular flexibility index (Phi) is 7.30. The lowest BCUT2D eigenvalue weighted by Gasteiger charge is -2.11. The summed E-state index contributed by atoms with van der Waals surface area (Å²) < 4.78 is 10.5. The quantitative estimate of drug-likeness (QED) is 0.691. The van der Waals surface area contributed by atoms with E-state index in [1.165, 1.54) is 12.0 Å². The van der Waals surface area contributed by atoms with Crippen molar-refractivity contribution in [3.05, 3.63) is 23.8 Å². The van der Waals surface area contributed by atoms with Crippen LogP contribution in [0.5, 0.6) is 11.5 Å². The van der Waals surface area contributed by atoms with E-state index in [-0.39, 0.29) is 0 Å². The zero-order valence-corrected chi connectivity index (χ0v) is 12.5. The molecular formula is C15H26N2O2. The molecule has 0 aromatic heterocycles. The average Bonchev–Trinajstić information content (AvgIpc) is 2.42. The van der Waals surface area contributed by atoms with E-state index in [0.717, 1.165) is 37.6 Å². The molecule has 0 heterocycles. The molecule has 19 heavy (non-hydrogen) atoms. The molecule has 1 aromatic carbocycles. The summed E-state index contributed by atoms with van der Waals surface area (Å²) in [6.45, 7) is 3.18. The predicted octanol–water partition coefficient (Wildman–Crippen LogP) is 1.79. The van der Waals surface area contributed by atoms with Crippen molar-refractivity contribution in [1.29, 1.82) is 0 Å². The summed E-state index contributed by atoms with van der Waals surface area (Å²) >= 11 is 0. The summed E-state index contributed by atoms with van der Waals surface area (Å²) in [5.41, 5.74) is 1.26. The zero-order chi connectivity index (χ0) is 14.1. The summed E-state index contributed by atoms with van der Waals surface area (Å²) in [5, 5.41) is 3.46. The van der Waals surface area contributed by atoms with Crippen LogP contribution in [0.25, 0.3) is 0 Å². The van der Waals surface area contributed by atoms with Crippen molar-refractivity contribution in [2.24, 2.45) is 0 Å². The topological polar surface area (TPSA) is 33.7 Å². The molecule has 0 aliphatic rings. The van der Waals surface area contributed by atoms with Crippen LogP contribution in [0.3, 0.4) is 0 Å². The molecule has 4 heteroatoms. The SMILES string of the molecule is COc1ccc(CCNCCCN(C)C)cc1OC. The Labute approximate surface area is 116 Å². The Balaban J connectivity index is 2.29. The van der Waals surface area contributed by atoms with E-state index < -0.39 is 0 Å². The van der Waals surface area contributed by atoms with Crippen LogP contribution in [0, 0.1) is 0 Å². The number of hydrogen-bond acceptors (Lipinski definition) is 4. The summed E-state index contributed by atoms with van der Waals surface area (Å²) in [4.78, 5) is 2.20. The lowest BCUT2D eigenvalue weighted by molar-refractivity contribution is 0.354. The van der Waals surface area contributed by atoms with Gasteiger partial charge in [-0.1, -0.05) is 6.07 Å². The molecule has 0 atom stereocenters. The Bertz CT molecular complexity index is 367. The van der Waals surface area contributed by atoms with Crippen LogP contribution < -0.4 is 14.8 Å². The zero-order valence-electron chi connectivity index (χ0n) is 12.5. The maximum Gasteiger partial charge on any atom is 0.160 e. The van der Waals surface area contributed by atoms with E-state index in [2.05, 4.69) is 30.4 Å². The van der Waals surface area contributed by atoms with Crippen molar-refractivity contribution in [3.63, 3.8) is 0 Å². The van der Waals surface area contributed by atoms with Crippen LogP contribution in [-0.4, -0.2) is 52.8 Å². The average molecular weight is 266 g/mol. The Hall–Kier alpha value is -1.26. The fraction of sp³-hybridized carbons (Fsp3) is 0.600. The fourth-order valence-corrected chi connectivity index (χ4v) is 1.91. The second-order valence-corrected chi connectivity index (χ2v) is 4.85. The molecule has 0 bridgehead atoms. The number of nitrogens with zero attached hydrogens (tertiary/aromatic N) is 1. The minimum absolute atomic E-state index is 0.783. The number of ether oxygens (including phenoxy) is 2. The molecule has 1 N–H and O–H groups in total. The summed E-state index contributed by atoms with van der Waals surface area (Å²) in [6.07, 6.45) is 2.18. The molecule has 0 saturated heterocycles. The van der Waals surface area contributed by atoms with Gasteiger partial charge in [0, 0.05) is 0 Å². The summed E-state index contributed by atoms with van der Waals surface area (Å²) in [5.74, 6) is 1.58. The minimum Gasteiger partial charge on any atom is -0.493 e. The standard InChI is InChI=1S/C15H26N2O2/c1-17(2)11-5-9-16-10-8-13-6-7-14(18-3)15(12-13)19-4/h6-7,12,16H,5,8-11H2,1-4H3. The van der Waals surface area contributed by atoms with Crippen LogP contribution in [0.2, 0.25) is 0 Å². The lowest BCUT2D eigenvalue weighted by atomic mass is 10.1. The maximum atomic E-state index is 5.30. The minimum atomic E-state index is 0.783. The molecule has 0 radical (unpaired) electrons. The number of benzene rings is 1. The molecule has 1 aromatic rings. The van der Waals surface area contributed by atoms with Gasteiger partial charge in [0.15, 0.2) is 11.5 Å². The first kappa shape index (κ1) is 15.8. The number of nitrogens with one attached hydrogen (secondary N) is 1. The molecule has 0 amide bonds. The molecule has 0 saturated carbocycles. The maximum absolute atomic E-state index is 5.30. The second kappa shape index (κ2) is 8.77. The fourth-order valence-electron chi connectivity index (χ4n) is 1.91. The van der Waals surface area contributed by atoms with Crippen LogP contribution in [0.15, 0.2) is 18.2 Å². The smallest absolute Gasteiger partial charge is 0.160 e. The third-order valence-corrected chi connectivity index (χ3v) is 3.00. The highest BCUT2D eigenvalue weighted by Crippen LogP contribution is 2.27. The van der Waals surface area contributed by atoms with Crippen molar-refractivity contribution in [2.75, 3.05) is 47.9 Å². The molecule has 0 aliphatic carbocycles. The van der Waals surface area contributed by atoms with Crippen LogP contribution >= 0.6 is 0 Å². The number of methoxy groups -OCH3 is 2. The Morgan fingerprint density at radius 1 is 1.05 bits per heavy atom. The Morgan fingerprint density at radius 2 is 1.79 bits per heavy atom. The van der Waals surface area contributed by atoms with E-state index in [1.807, 2.05) is 12.1 Å². The highest BCUT2D eigenvalue weighted by molar-refractivity contribution is 5.42. The van der Waals surface area contributed by atoms with Gasteiger partial charge in [0.05, 0.1) is 14.2 Å². The second-order valence-electron chi connectivity index (χ2n) is 4.85. The van der Waals surface area contributed by atoms with E-state index in [1.54, 1.807) is 14.2 Å². The molecular weight excluding hydrogens is 240 g/mol. The van der Waals surface area contributed by atoms with Crippen LogP contribution in [0.4, 0.5) is 0 Å². The van der Waals surface area contributed by atoms with Crippen molar-refractivity contribution < 1.29 is 9.47 Å². The molecule has 0 fully saturated rings. The van der Waals surface area contributed by atoms with Gasteiger partial charge in [-0.05, 0) is 64.3 Å².